The van der Waals surface area contributed by atoms with Crippen LogP contribution in [0.25, 0.3) is 11.3 Å². The maximum absolute atomic E-state index is 12.4. The molecule has 2 aromatic carbocycles. The highest BCUT2D eigenvalue weighted by atomic mass is 32.2. The van der Waals surface area contributed by atoms with Crippen LogP contribution in [0.3, 0.4) is 0 Å². The van der Waals surface area contributed by atoms with E-state index in [1.54, 1.807) is 6.07 Å². The monoisotopic (exact) mass is 489 g/mol. The third kappa shape index (κ3) is 6.73. The number of aromatic nitrogens is 2. The van der Waals surface area contributed by atoms with E-state index < -0.39 is 19.9 Å². The molecule has 0 aliphatic heterocycles. The molecule has 11 heteroatoms. The highest BCUT2D eigenvalue weighted by Crippen LogP contribution is 2.23. The van der Waals surface area contributed by atoms with Crippen molar-refractivity contribution in [1.29, 1.82) is 0 Å². The second-order valence-electron chi connectivity index (χ2n) is 7.79. The Balaban J connectivity index is 1.57. The number of rotatable bonds is 9. The van der Waals surface area contributed by atoms with Crippen LogP contribution < -0.4 is 15.8 Å². The largest absolute Gasteiger partial charge is 0.370 e. The van der Waals surface area contributed by atoms with Gasteiger partial charge >= 0.3 is 0 Å². The number of nitrogens with one attached hydrogen (secondary N) is 2. The van der Waals surface area contributed by atoms with Gasteiger partial charge < -0.3 is 11.1 Å². The molecule has 0 saturated heterocycles. The highest BCUT2D eigenvalue weighted by molar-refractivity contribution is 7.90. The zero-order chi connectivity index (χ0) is 24.2. The van der Waals surface area contributed by atoms with E-state index in [0.29, 0.717) is 24.5 Å². The van der Waals surface area contributed by atoms with Crippen LogP contribution in [-0.2, 0) is 19.9 Å². The van der Waals surface area contributed by atoms with Gasteiger partial charge in [-0.1, -0.05) is 17.2 Å². The Kier molecular flexibility index (Phi) is 7.35. The fourth-order valence-corrected chi connectivity index (χ4v) is 4.99. The van der Waals surface area contributed by atoms with Crippen LogP contribution in [0.5, 0.6) is 0 Å². The zero-order valence-electron chi connectivity index (χ0n) is 18.7. The molecule has 3 aromatic rings. The quantitative estimate of drug-likeness (QED) is 0.389. The molecule has 0 aliphatic carbocycles. The lowest BCUT2D eigenvalue weighted by atomic mass is 10.0. The Hall–Kier alpha value is -3.02. The summed E-state index contributed by atoms with van der Waals surface area (Å²) in [5.41, 5.74) is 9.76. The molecule has 0 atom stereocenters. The average Bonchev–Trinajstić information content (AvgIpc) is 2.72. The molecule has 0 bridgehead atoms. The van der Waals surface area contributed by atoms with E-state index >= 15 is 0 Å². The Morgan fingerprint density at radius 1 is 0.848 bits per heavy atom. The van der Waals surface area contributed by atoms with Crippen molar-refractivity contribution in [3.05, 3.63) is 59.7 Å². The van der Waals surface area contributed by atoms with Crippen LogP contribution in [0.15, 0.2) is 58.3 Å². The first-order chi connectivity index (χ1) is 15.4. The highest BCUT2D eigenvalue weighted by Gasteiger charge is 2.15. The number of nitrogen functional groups attached to an aromatic ring is 1. The first-order valence-corrected chi connectivity index (χ1v) is 13.6. The van der Waals surface area contributed by atoms with E-state index in [1.165, 1.54) is 24.3 Å². The van der Waals surface area contributed by atoms with Crippen molar-refractivity contribution in [2.45, 2.75) is 30.1 Å². The van der Waals surface area contributed by atoms with Gasteiger partial charge in [0.1, 0.15) is 5.82 Å². The van der Waals surface area contributed by atoms with Crippen LogP contribution in [0.4, 0.5) is 11.8 Å². The molecule has 0 unspecified atom stereocenters. The minimum atomic E-state index is -3.74. The second-order valence-corrected chi connectivity index (χ2v) is 11.6. The van der Waals surface area contributed by atoms with Gasteiger partial charge in [0.05, 0.1) is 15.5 Å². The number of sulfone groups is 1. The maximum Gasteiger partial charge on any atom is 0.240 e. The van der Waals surface area contributed by atoms with Crippen LogP contribution in [-0.4, -0.2) is 46.1 Å². The molecule has 9 nitrogen and oxygen atoms in total. The third-order valence-corrected chi connectivity index (χ3v) is 7.38. The topological polar surface area (TPSA) is 144 Å². The molecule has 0 fully saturated rings. The summed E-state index contributed by atoms with van der Waals surface area (Å²) in [6, 6.07) is 13.0. The number of aryl methyl sites for hydroxylation is 2. The fraction of sp³-hybridized carbons (Fsp3) is 0.273. The van der Waals surface area contributed by atoms with Gasteiger partial charge in [0.25, 0.3) is 0 Å². The van der Waals surface area contributed by atoms with Gasteiger partial charge in [0, 0.05) is 31.0 Å². The SMILES string of the molecule is Cc1cc(C)cc(-c2cc(NCCCNS(=O)(=O)c3ccc(S(C)(=O)=O)cc3)nc(N)n2)c1. The van der Waals surface area contributed by atoms with Crippen molar-refractivity contribution < 1.29 is 16.8 Å². The Morgan fingerprint density at radius 3 is 2.06 bits per heavy atom. The molecule has 1 heterocycles. The Morgan fingerprint density at radius 2 is 1.45 bits per heavy atom. The van der Waals surface area contributed by atoms with Gasteiger partial charge in [0.15, 0.2) is 9.84 Å². The number of anilines is 2. The van der Waals surface area contributed by atoms with Gasteiger partial charge in [0.2, 0.25) is 16.0 Å². The molecule has 0 radical (unpaired) electrons. The number of hydrogen-bond acceptors (Lipinski definition) is 8. The molecule has 3 rings (SSSR count). The summed E-state index contributed by atoms with van der Waals surface area (Å²) in [4.78, 5) is 8.58. The van der Waals surface area contributed by atoms with E-state index in [4.69, 9.17) is 5.73 Å². The van der Waals surface area contributed by atoms with Crippen molar-refractivity contribution >= 4 is 31.6 Å². The number of sulfonamides is 1. The molecule has 4 N–H and O–H groups in total. The van der Waals surface area contributed by atoms with Gasteiger partial charge in [-0.25, -0.2) is 26.5 Å². The van der Waals surface area contributed by atoms with Crippen molar-refractivity contribution in [2.75, 3.05) is 30.4 Å². The molecule has 0 aliphatic rings. The summed E-state index contributed by atoms with van der Waals surface area (Å²) in [6.07, 6.45) is 1.56. The molecule has 0 spiro atoms. The van der Waals surface area contributed by atoms with Crippen molar-refractivity contribution in [3.63, 3.8) is 0 Å². The lowest BCUT2D eigenvalue weighted by Gasteiger charge is -2.10. The first kappa shape index (κ1) is 24.6. The molecule has 0 saturated carbocycles. The summed E-state index contributed by atoms with van der Waals surface area (Å²) >= 11 is 0. The summed E-state index contributed by atoms with van der Waals surface area (Å²) in [5, 5.41) is 3.14. The van der Waals surface area contributed by atoms with Crippen molar-refractivity contribution in [1.82, 2.24) is 14.7 Å². The Bertz CT molecular complexity index is 1340. The second kappa shape index (κ2) is 9.86. The number of nitrogens with two attached hydrogens (primary N) is 1. The van der Waals surface area contributed by atoms with E-state index in [0.717, 1.165) is 22.9 Å². The molecule has 1 aromatic heterocycles. The van der Waals surface area contributed by atoms with Crippen LogP contribution in [0.2, 0.25) is 0 Å². The molecule has 0 amide bonds. The van der Waals surface area contributed by atoms with E-state index in [9.17, 15) is 16.8 Å². The summed E-state index contributed by atoms with van der Waals surface area (Å²) < 4.78 is 50.4. The van der Waals surface area contributed by atoms with Gasteiger partial charge in [-0.05, 0) is 56.7 Å². The van der Waals surface area contributed by atoms with E-state index in [-0.39, 0.29) is 22.3 Å². The smallest absolute Gasteiger partial charge is 0.240 e. The lowest BCUT2D eigenvalue weighted by molar-refractivity contribution is 0.579. The van der Waals surface area contributed by atoms with Crippen molar-refractivity contribution in [3.8, 4) is 11.3 Å². The minimum absolute atomic E-state index is 0.00419. The summed E-state index contributed by atoms with van der Waals surface area (Å²) in [5.74, 6) is 0.697. The number of nitrogens with zero attached hydrogens (tertiary/aromatic N) is 2. The zero-order valence-corrected chi connectivity index (χ0v) is 20.3. The predicted octanol–water partition coefficient (Wildman–Crippen LogP) is 2.53. The minimum Gasteiger partial charge on any atom is -0.370 e. The van der Waals surface area contributed by atoms with Crippen molar-refractivity contribution in [2.24, 2.45) is 0 Å². The van der Waals surface area contributed by atoms with Crippen LogP contribution >= 0.6 is 0 Å². The fourth-order valence-electron chi connectivity index (χ4n) is 3.29. The van der Waals surface area contributed by atoms with Crippen LogP contribution in [0.1, 0.15) is 17.5 Å². The van der Waals surface area contributed by atoms with Gasteiger partial charge in [-0.2, -0.15) is 4.98 Å². The average molecular weight is 490 g/mol. The molecule has 176 valence electrons. The number of hydrogen-bond donors (Lipinski definition) is 3. The molecule has 33 heavy (non-hydrogen) atoms. The first-order valence-electron chi connectivity index (χ1n) is 10.2. The van der Waals surface area contributed by atoms with Crippen LogP contribution in [0, 0.1) is 13.8 Å². The Labute approximate surface area is 194 Å². The van der Waals surface area contributed by atoms with E-state index in [1.807, 2.05) is 26.0 Å². The molecular formula is C22H27N5O4S2. The molecular weight excluding hydrogens is 462 g/mol. The third-order valence-electron chi connectivity index (χ3n) is 4.77. The standard InChI is InChI=1S/C22H27N5O4S2/c1-15-11-16(2)13-17(12-15)20-14-21(27-22(23)26-20)24-9-4-10-25-33(30,31)19-7-5-18(6-8-19)32(3,28)29/h5-8,11-14,25H,4,9-10H2,1-3H3,(H3,23,24,26,27). The number of benzene rings is 2. The summed E-state index contributed by atoms with van der Waals surface area (Å²) in [7, 11) is -7.13. The maximum atomic E-state index is 12.4. The normalized spacial score (nSPS) is 12.0. The summed E-state index contributed by atoms with van der Waals surface area (Å²) in [6.45, 7) is 4.68. The van der Waals surface area contributed by atoms with E-state index in [2.05, 4.69) is 26.1 Å². The van der Waals surface area contributed by atoms with Gasteiger partial charge in [-0.15, -0.1) is 0 Å². The predicted molar refractivity (Wildman–Crippen MR) is 129 cm³/mol. The van der Waals surface area contributed by atoms with Gasteiger partial charge in [-0.3, -0.25) is 0 Å². The lowest BCUT2D eigenvalue weighted by Crippen LogP contribution is -2.26.